The number of esters is 1. The molecule has 2 aromatic rings. The molecule has 1 aromatic heterocycles. The second-order valence-corrected chi connectivity index (χ2v) is 7.32. The quantitative estimate of drug-likeness (QED) is 0.509. The summed E-state index contributed by atoms with van der Waals surface area (Å²) in [5.74, 6) is -1.37. The van der Waals surface area contributed by atoms with Gasteiger partial charge < -0.3 is 9.30 Å². The second-order valence-electron chi connectivity index (χ2n) is 6.33. The number of hydrogen-bond donors (Lipinski definition) is 0. The van der Waals surface area contributed by atoms with Gasteiger partial charge in [0, 0.05) is 17.6 Å². The van der Waals surface area contributed by atoms with Crippen LogP contribution >= 0.6 is 11.8 Å². The number of rotatable bonds is 5. The van der Waals surface area contributed by atoms with E-state index in [0.29, 0.717) is 17.5 Å². The van der Waals surface area contributed by atoms with E-state index in [-0.39, 0.29) is 17.2 Å². The van der Waals surface area contributed by atoms with Gasteiger partial charge in [0.1, 0.15) is 6.04 Å². The molecule has 0 bridgehead atoms. The molecule has 1 aromatic carbocycles. The highest BCUT2D eigenvalue weighted by atomic mass is 32.2. The fourth-order valence-corrected chi connectivity index (χ4v) is 3.79. The maximum Gasteiger partial charge on any atom is 0.416 e. The van der Waals surface area contributed by atoms with Crippen LogP contribution in [0.5, 0.6) is 0 Å². The van der Waals surface area contributed by atoms with Gasteiger partial charge in [0.25, 0.3) is 11.1 Å². The number of aromatic nitrogens is 1. The maximum atomic E-state index is 13.0. The van der Waals surface area contributed by atoms with Crippen molar-refractivity contribution in [3.8, 4) is 5.69 Å². The Bertz CT molecular complexity index is 1030. The van der Waals surface area contributed by atoms with Crippen LogP contribution in [0.2, 0.25) is 0 Å². The Morgan fingerprint density at radius 3 is 2.63 bits per heavy atom. The largest absolute Gasteiger partial charge is 0.464 e. The minimum absolute atomic E-state index is 0.0584. The lowest BCUT2D eigenvalue weighted by atomic mass is 10.2. The lowest BCUT2D eigenvalue weighted by Crippen LogP contribution is -2.42. The van der Waals surface area contributed by atoms with Crippen LogP contribution in [-0.4, -0.2) is 39.2 Å². The van der Waals surface area contributed by atoms with E-state index in [9.17, 15) is 27.6 Å². The molecule has 10 heteroatoms. The van der Waals surface area contributed by atoms with Crippen molar-refractivity contribution in [2.24, 2.45) is 0 Å². The van der Waals surface area contributed by atoms with Gasteiger partial charge in [-0.1, -0.05) is 6.07 Å². The summed E-state index contributed by atoms with van der Waals surface area (Å²) in [5, 5.41) is -0.621. The summed E-state index contributed by atoms with van der Waals surface area (Å²) in [5.41, 5.74) is -0.146. The van der Waals surface area contributed by atoms with Crippen molar-refractivity contribution in [3.63, 3.8) is 0 Å². The van der Waals surface area contributed by atoms with Gasteiger partial charge in [-0.15, -0.1) is 0 Å². The lowest BCUT2D eigenvalue weighted by Gasteiger charge is -2.19. The highest BCUT2D eigenvalue weighted by Gasteiger charge is 2.41. The van der Waals surface area contributed by atoms with Crippen molar-refractivity contribution < 1.29 is 32.3 Å². The molecule has 30 heavy (non-hydrogen) atoms. The van der Waals surface area contributed by atoms with Crippen molar-refractivity contribution >= 4 is 35.0 Å². The highest BCUT2D eigenvalue weighted by Crippen LogP contribution is 2.35. The molecule has 1 fully saturated rings. The summed E-state index contributed by atoms with van der Waals surface area (Å²) in [6.07, 6.45) is -1.54. The number of alkyl halides is 3. The minimum Gasteiger partial charge on any atom is -0.464 e. The molecule has 1 saturated heterocycles. The van der Waals surface area contributed by atoms with Gasteiger partial charge in [0.15, 0.2) is 0 Å². The smallest absolute Gasteiger partial charge is 0.416 e. The molecule has 6 nitrogen and oxygen atoms in total. The van der Waals surface area contributed by atoms with E-state index in [0.717, 1.165) is 17.0 Å². The molecule has 3 rings (SSSR count). The zero-order chi connectivity index (χ0) is 22.1. The number of benzene rings is 1. The van der Waals surface area contributed by atoms with Crippen molar-refractivity contribution in [3.05, 3.63) is 58.8 Å². The van der Waals surface area contributed by atoms with Crippen LogP contribution < -0.4 is 0 Å². The number of hydrogen-bond acceptors (Lipinski definition) is 5. The third-order valence-electron chi connectivity index (χ3n) is 4.35. The fraction of sp³-hybridized carbons (Fsp3) is 0.250. The highest BCUT2D eigenvalue weighted by molar-refractivity contribution is 8.18. The Kier molecular flexibility index (Phi) is 6.06. The lowest BCUT2D eigenvalue weighted by molar-refractivity contribution is -0.150. The number of nitrogens with zero attached hydrogens (tertiary/aromatic N) is 2. The van der Waals surface area contributed by atoms with Crippen LogP contribution in [0.25, 0.3) is 11.8 Å². The van der Waals surface area contributed by atoms with Gasteiger partial charge in [-0.3, -0.25) is 14.5 Å². The SMILES string of the molecule is CCOC(=O)C(C)N1C(=O)SC(=Cc2cccn2-c2cccc(C(F)(F)F)c2)C1=O. The van der Waals surface area contributed by atoms with Crippen molar-refractivity contribution in [2.45, 2.75) is 26.1 Å². The average molecular weight is 438 g/mol. The first-order valence-corrected chi connectivity index (χ1v) is 9.73. The fourth-order valence-electron chi connectivity index (χ4n) is 2.90. The number of thioether (sulfide) groups is 1. The predicted octanol–water partition coefficient (Wildman–Crippen LogP) is 4.48. The topological polar surface area (TPSA) is 68.6 Å². The second kappa shape index (κ2) is 8.39. The first-order chi connectivity index (χ1) is 14.1. The number of halogens is 3. The van der Waals surface area contributed by atoms with Crippen LogP contribution in [0.15, 0.2) is 47.5 Å². The number of carbonyl (C=O) groups excluding carboxylic acids is 3. The minimum atomic E-state index is -4.49. The normalized spacial score (nSPS) is 17.0. The van der Waals surface area contributed by atoms with Crippen molar-refractivity contribution in [2.75, 3.05) is 6.61 Å². The molecule has 0 spiro atoms. The standard InChI is InChI=1S/C20H17F3N2O4S/c1-3-29-18(27)12(2)25-17(26)16(30-19(25)28)11-15-8-5-9-24(15)14-7-4-6-13(10-14)20(21,22)23/h4-12H,3H2,1-2H3. The van der Waals surface area contributed by atoms with Crippen LogP contribution in [0.3, 0.4) is 0 Å². The van der Waals surface area contributed by atoms with Gasteiger partial charge in [0.2, 0.25) is 0 Å². The molecule has 0 aliphatic carbocycles. The Morgan fingerprint density at radius 2 is 1.97 bits per heavy atom. The summed E-state index contributed by atoms with van der Waals surface area (Å²) in [4.78, 5) is 37.7. The van der Waals surface area contributed by atoms with E-state index in [1.54, 1.807) is 25.3 Å². The summed E-state index contributed by atoms with van der Waals surface area (Å²) < 4.78 is 45.4. The monoisotopic (exact) mass is 438 g/mol. The molecule has 2 heterocycles. The average Bonchev–Trinajstić information content (AvgIpc) is 3.25. The molecule has 2 amide bonds. The van der Waals surface area contributed by atoms with Gasteiger partial charge in [-0.25, -0.2) is 4.79 Å². The molecule has 1 atom stereocenters. The summed E-state index contributed by atoms with van der Waals surface area (Å²) in [6.45, 7) is 3.11. The third kappa shape index (κ3) is 4.28. The van der Waals surface area contributed by atoms with Gasteiger partial charge in [0.05, 0.1) is 17.1 Å². The van der Waals surface area contributed by atoms with E-state index in [2.05, 4.69) is 0 Å². The first kappa shape index (κ1) is 21.7. The summed E-state index contributed by atoms with van der Waals surface area (Å²) >= 11 is 0.653. The Balaban J connectivity index is 1.91. The van der Waals surface area contributed by atoms with E-state index in [4.69, 9.17) is 4.74 Å². The molecular weight excluding hydrogens is 421 g/mol. The van der Waals surface area contributed by atoms with Gasteiger partial charge >= 0.3 is 12.1 Å². The van der Waals surface area contributed by atoms with E-state index >= 15 is 0 Å². The van der Waals surface area contributed by atoms with Crippen LogP contribution in [0, 0.1) is 0 Å². The van der Waals surface area contributed by atoms with Crippen LogP contribution in [0.1, 0.15) is 25.1 Å². The number of amides is 2. The number of ether oxygens (including phenoxy) is 1. The molecule has 158 valence electrons. The third-order valence-corrected chi connectivity index (χ3v) is 5.23. The van der Waals surface area contributed by atoms with Crippen LogP contribution in [-0.2, 0) is 20.5 Å². The molecule has 0 saturated carbocycles. The van der Waals surface area contributed by atoms with E-state index in [1.807, 2.05) is 0 Å². The summed E-state index contributed by atoms with van der Waals surface area (Å²) in [6, 6.07) is 6.87. The number of carbonyl (C=O) groups is 3. The molecule has 1 aliphatic heterocycles. The zero-order valence-corrected chi connectivity index (χ0v) is 16.8. The molecule has 1 unspecified atom stereocenters. The molecule has 0 N–H and O–H groups in total. The zero-order valence-electron chi connectivity index (χ0n) is 16.0. The molecule has 1 aliphatic rings. The maximum absolute atomic E-state index is 13.0. The molecular formula is C20H17F3N2O4S. The Morgan fingerprint density at radius 1 is 1.23 bits per heavy atom. The van der Waals surface area contributed by atoms with E-state index in [1.165, 1.54) is 29.7 Å². The number of imide groups is 1. The van der Waals surface area contributed by atoms with Crippen molar-refractivity contribution in [1.82, 2.24) is 9.47 Å². The summed E-state index contributed by atoms with van der Waals surface area (Å²) in [7, 11) is 0. The van der Waals surface area contributed by atoms with Crippen LogP contribution in [0.4, 0.5) is 18.0 Å². The molecule has 0 radical (unpaired) electrons. The van der Waals surface area contributed by atoms with Gasteiger partial charge in [-0.2, -0.15) is 13.2 Å². The predicted molar refractivity (Wildman–Crippen MR) is 105 cm³/mol. The Labute approximate surface area is 174 Å². The van der Waals surface area contributed by atoms with Gasteiger partial charge in [-0.05, 0) is 62.0 Å². The first-order valence-electron chi connectivity index (χ1n) is 8.92. The van der Waals surface area contributed by atoms with Crippen molar-refractivity contribution in [1.29, 1.82) is 0 Å². The van der Waals surface area contributed by atoms with E-state index < -0.39 is 34.9 Å². The Hall–Kier alpha value is -3.01.